The molecule has 0 spiro atoms. The first-order valence-electron chi connectivity index (χ1n) is 8.65. The van der Waals surface area contributed by atoms with Crippen LogP contribution in [-0.4, -0.2) is 15.3 Å². The molecule has 0 atom stereocenters. The van der Waals surface area contributed by atoms with Crippen LogP contribution in [0.2, 0.25) is 9.36 Å². The van der Waals surface area contributed by atoms with Gasteiger partial charge in [0.25, 0.3) is 0 Å². The van der Waals surface area contributed by atoms with Crippen molar-refractivity contribution in [3.05, 3.63) is 104 Å². The first-order chi connectivity index (χ1) is 14.0. The van der Waals surface area contributed by atoms with E-state index in [1.54, 1.807) is 54.7 Å². The molecule has 0 unspecified atom stereocenters. The molecule has 2 heterocycles. The smallest absolute Gasteiger partial charge is 0.305 e. The van der Waals surface area contributed by atoms with Crippen molar-refractivity contribution in [3.8, 4) is 16.3 Å². The maximum atomic E-state index is 12.6. The molecule has 1 N–H and O–H groups in total. The van der Waals surface area contributed by atoms with Crippen LogP contribution in [0, 0.1) is 0 Å². The Kier molecular flexibility index (Phi) is 5.53. The molecule has 4 aromatic rings. The summed E-state index contributed by atoms with van der Waals surface area (Å²) >= 11 is 13.2. The molecule has 0 bridgehead atoms. The summed E-state index contributed by atoms with van der Waals surface area (Å²) in [4.78, 5) is 28.7. The van der Waals surface area contributed by atoms with Gasteiger partial charge in [0.1, 0.15) is 0 Å². The first kappa shape index (κ1) is 19.5. The van der Waals surface area contributed by atoms with E-state index in [0.717, 1.165) is 10.4 Å². The van der Waals surface area contributed by atoms with Crippen LogP contribution in [0.3, 0.4) is 0 Å². The Hall–Kier alpha value is -2.86. The summed E-state index contributed by atoms with van der Waals surface area (Å²) < 4.78 is 2.12. The van der Waals surface area contributed by atoms with Gasteiger partial charge in [-0.25, -0.2) is 4.79 Å². The highest BCUT2D eigenvalue weighted by Crippen LogP contribution is 2.29. The minimum Gasteiger partial charge on any atom is -0.305 e. The number of carbonyl (C=O) groups is 1. The van der Waals surface area contributed by atoms with Crippen molar-refractivity contribution in [1.82, 2.24) is 9.55 Å². The quantitative estimate of drug-likeness (QED) is 0.301. The van der Waals surface area contributed by atoms with Gasteiger partial charge in [0.15, 0.2) is 5.78 Å². The molecule has 0 saturated heterocycles. The highest BCUT2D eigenvalue weighted by atomic mass is 35.5. The Bertz CT molecular complexity index is 1270. The average molecular weight is 441 g/mol. The lowest BCUT2D eigenvalue weighted by atomic mass is 10.1. The number of aromatic nitrogens is 2. The molecule has 29 heavy (non-hydrogen) atoms. The van der Waals surface area contributed by atoms with Crippen LogP contribution in [0.1, 0.15) is 15.9 Å². The zero-order valence-corrected chi connectivity index (χ0v) is 17.3. The number of carbonyl (C=O) groups excluding carboxylic acids is 1. The summed E-state index contributed by atoms with van der Waals surface area (Å²) in [6, 6.07) is 17.8. The van der Waals surface area contributed by atoms with Gasteiger partial charge in [-0.2, -0.15) is 0 Å². The van der Waals surface area contributed by atoms with E-state index >= 15 is 0 Å². The van der Waals surface area contributed by atoms with Crippen molar-refractivity contribution in [2.75, 3.05) is 0 Å². The average Bonchev–Trinajstić information content (AvgIpc) is 3.33. The monoisotopic (exact) mass is 440 g/mol. The maximum Gasteiger partial charge on any atom is 0.330 e. The third kappa shape index (κ3) is 4.43. The van der Waals surface area contributed by atoms with E-state index in [4.69, 9.17) is 23.2 Å². The maximum absolute atomic E-state index is 12.6. The standard InChI is InChI=1S/C22H14Cl2N2O2S/c23-16-7-4-14(5-8-16)6-9-19(27)15-2-1-3-17(12-15)26-13-18(25-22(26)28)20-10-11-21(24)29-20/h1-13H,(H,25,28). The number of hydrogen-bond donors (Lipinski definition) is 1. The number of hydrogen-bond acceptors (Lipinski definition) is 3. The number of halogens is 2. The largest absolute Gasteiger partial charge is 0.330 e. The van der Waals surface area contributed by atoms with Crippen molar-refractivity contribution < 1.29 is 4.79 Å². The van der Waals surface area contributed by atoms with Crippen molar-refractivity contribution in [2.45, 2.75) is 0 Å². The number of nitrogens with one attached hydrogen (secondary N) is 1. The molecule has 4 rings (SSSR count). The fraction of sp³-hybridized carbons (Fsp3) is 0. The minimum absolute atomic E-state index is 0.157. The molecule has 0 fully saturated rings. The normalized spacial score (nSPS) is 11.2. The fourth-order valence-electron chi connectivity index (χ4n) is 2.82. The van der Waals surface area contributed by atoms with E-state index < -0.39 is 0 Å². The molecule has 0 aliphatic rings. The molecule has 2 aromatic heterocycles. The summed E-state index contributed by atoms with van der Waals surface area (Å²) in [7, 11) is 0. The van der Waals surface area contributed by atoms with Crippen LogP contribution in [0.25, 0.3) is 22.3 Å². The Labute approximate surface area is 180 Å². The lowest BCUT2D eigenvalue weighted by Gasteiger charge is -2.03. The first-order valence-corrected chi connectivity index (χ1v) is 10.2. The van der Waals surface area contributed by atoms with Crippen molar-refractivity contribution in [2.24, 2.45) is 0 Å². The Balaban J connectivity index is 1.60. The lowest BCUT2D eigenvalue weighted by Crippen LogP contribution is -2.14. The molecule has 0 aliphatic heterocycles. The van der Waals surface area contributed by atoms with E-state index in [1.165, 1.54) is 22.0 Å². The summed E-state index contributed by atoms with van der Waals surface area (Å²) in [6.07, 6.45) is 4.94. The summed E-state index contributed by atoms with van der Waals surface area (Å²) in [5.41, 5.74) is 2.35. The lowest BCUT2D eigenvalue weighted by molar-refractivity contribution is 0.104. The second-order valence-corrected chi connectivity index (χ2v) is 8.40. The van der Waals surface area contributed by atoms with E-state index in [9.17, 15) is 9.59 Å². The van der Waals surface area contributed by atoms with Crippen LogP contribution in [0.4, 0.5) is 0 Å². The third-order valence-electron chi connectivity index (χ3n) is 4.26. The summed E-state index contributed by atoms with van der Waals surface area (Å²) in [6.45, 7) is 0. The number of thiophene rings is 1. The fourth-order valence-corrected chi connectivity index (χ4v) is 3.96. The molecular formula is C22H14Cl2N2O2S. The SMILES string of the molecule is O=C(C=Cc1ccc(Cl)cc1)c1cccc(-n2cc(-c3ccc(Cl)s3)[nH]c2=O)c1. The van der Waals surface area contributed by atoms with Crippen LogP contribution in [-0.2, 0) is 0 Å². The summed E-state index contributed by atoms with van der Waals surface area (Å²) in [5, 5.41) is 0.641. The zero-order valence-electron chi connectivity index (χ0n) is 14.9. The third-order valence-corrected chi connectivity index (χ3v) is 5.78. The van der Waals surface area contributed by atoms with Gasteiger partial charge in [-0.05, 0) is 48.0 Å². The number of H-pyrrole nitrogens is 1. The van der Waals surface area contributed by atoms with E-state index in [2.05, 4.69) is 4.98 Å². The molecule has 144 valence electrons. The summed E-state index contributed by atoms with van der Waals surface area (Å²) in [5.74, 6) is -0.157. The van der Waals surface area contributed by atoms with Gasteiger partial charge in [0, 0.05) is 16.8 Å². The van der Waals surface area contributed by atoms with E-state index in [0.29, 0.717) is 26.3 Å². The molecule has 4 nitrogen and oxygen atoms in total. The number of aromatic amines is 1. The van der Waals surface area contributed by atoms with Gasteiger partial charge < -0.3 is 4.98 Å². The number of nitrogens with zero attached hydrogens (tertiary/aromatic N) is 1. The van der Waals surface area contributed by atoms with Crippen LogP contribution in [0.5, 0.6) is 0 Å². The molecule has 0 amide bonds. The second-order valence-electron chi connectivity index (χ2n) is 6.25. The minimum atomic E-state index is -0.286. The van der Waals surface area contributed by atoms with Gasteiger partial charge in [0.05, 0.1) is 20.6 Å². The highest BCUT2D eigenvalue weighted by molar-refractivity contribution is 7.19. The molecule has 7 heteroatoms. The number of rotatable bonds is 5. The molecule has 2 aromatic carbocycles. The van der Waals surface area contributed by atoms with Gasteiger partial charge in [-0.1, -0.05) is 53.5 Å². The van der Waals surface area contributed by atoms with Crippen LogP contribution >= 0.6 is 34.5 Å². The number of benzene rings is 2. The second kappa shape index (κ2) is 8.25. The molecular weight excluding hydrogens is 427 g/mol. The van der Waals surface area contributed by atoms with Crippen LogP contribution in [0.15, 0.2) is 77.7 Å². The van der Waals surface area contributed by atoms with Gasteiger partial charge in [0.2, 0.25) is 0 Å². The number of allylic oxidation sites excluding steroid dienone is 1. The number of imidazole rings is 1. The molecule has 0 saturated carbocycles. The van der Waals surface area contributed by atoms with E-state index in [-0.39, 0.29) is 11.5 Å². The van der Waals surface area contributed by atoms with Crippen molar-refractivity contribution in [1.29, 1.82) is 0 Å². The van der Waals surface area contributed by atoms with Crippen molar-refractivity contribution in [3.63, 3.8) is 0 Å². The Morgan fingerprint density at radius 2 is 1.83 bits per heavy atom. The zero-order chi connectivity index (χ0) is 20.4. The van der Waals surface area contributed by atoms with Gasteiger partial charge >= 0.3 is 5.69 Å². The topological polar surface area (TPSA) is 54.9 Å². The number of ketones is 1. The molecule has 0 radical (unpaired) electrons. The van der Waals surface area contributed by atoms with E-state index in [1.807, 2.05) is 18.2 Å². The highest BCUT2D eigenvalue weighted by Gasteiger charge is 2.11. The Morgan fingerprint density at radius 1 is 1.03 bits per heavy atom. The van der Waals surface area contributed by atoms with Gasteiger partial charge in [-0.15, -0.1) is 11.3 Å². The Morgan fingerprint density at radius 3 is 2.55 bits per heavy atom. The molecule has 0 aliphatic carbocycles. The predicted octanol–water partition coefficient (Wildman–Crippen LogP) is 6.10. The predicted molar refractivity (Wildman–Crippen MR) is 120 cm³/mol. The van der Waals surface area contributed by atoms with Gasteiger partial charge in [-0.3, -0.25) is 9.36 Å². The van der Waals surface area contributed by atoms with Crippen LogP contribution < -0.4 is 5.69 Å². The van der Waals surface area contributed by atoms with Crippen molar-refractivity contribution >= 4 is 46.4 Å².